The maximum absolute atomic E-state index is 9.55. The van der Waals surface area contributed by atoms with Crippen LogP contribution in [0, 0.1) is 41.7 Å². The predicted molar refractivity (Wildman–Crippen MR) is 24.4 cm³/mol. The molecule has 0 amide bonds. The third-order valence-corrected chi connectivity index (χ3v) is 0.368. The van der Waals surface area contributed by atoms with Crippen molar-refractivity contribution in [3.05, 3.63) is 12.2 Å². The summed E-state index contributed by atoms with van der Waals surface area (Å²) in [6, 6.07) is 0. The van der Waals surface area contributed by atoms with Gasteiger partial charge in [0.1, 0.15) is 0 Å². The van der Waals surface area contributed by atoms with E-state index in [1.165, 1.54) is 0 Å². The molecule has 0 saturated carbocycles. The van der Waals surface area contributed by atoms with Crippen molar-refractivity contribution < 1.29 is 61.5 Å². The Morgan fingerprint density at radius 3 is 1.33 bits per heavy atom. The maximum atomic E-state index is 9.55. The summed E-state index contributed by atoms with van der Waals surface area (Å²) < 4.78 is 0. The first kappa shape index (κ1) is 11.8. The van der Waals surface area contributed by atoms with Crippen LogP contribution in [0.3, 0.4) is 0 Å². The van der Waals surface area contributed by atoms with E-state index >= 15 is 0 Å². The van der Waals surface area contributed by atoms with E-state index < -0.39 is 11.9 Å². The molecular formula is C4H4CeO4. The van der Waals surface area contributed by atoms with Crippen LogP contribution < -0.4 is 0 Å². The summed E-state index contributed by atoms with van der Waals surface area (Å²) in [7, 11) is 0. The molecule has 0 unspecified atom stereocenters. The van der Waals surface area contributed by atoms with Crippen LogP contribution in [0.2, 0.25) is 0 Å². The zero-order valence-electron chi connectivity index (χ0n) is 4.37. The molecule has 0 aliphatic rings. The van der Waals surface area contributed by atoms with Gasteiger partial charge < -0.3 is 10.2 Å². The Morgan fingerprint density at radius 2 is 1.22 bits per heavy atom. The third kappa shape index (κ3) is 11.6. The molecule has 0 atom stereocenters. The minimum absolute atomic E-state index is 0. The first-order valence-electron chi connectivity index (χ1n) is 1.77. The molecule has 0 heterocycles. The summed E-state index contributed by atoms with van der Waals surface area (Å²) in [5.41, 5.74) is 0. The second kappa shape index (κ2) is 6.18. The number of hydrogen-bond donors (Lipinski definition) is 2. The molecule has 0 rings (SSSR count). The molecule has 4 nitrogen and oxygen atoms in total. The molecule has 0 aliphatic carbocycles. The van der Waals surface area contributed by atoms with Crippen molar-refractivity contribution in [1.82, 2.24) is 0 Å². The molecule has 0 aliphatic heterocycles. The van der Waals surface area contributed by atoms with Gasteiger partial charge in [0.05, 0.1) is 0 Å². The molecule has 5 heteroatoms. The average Bonchev–Trinajstić information content (AvgIpc) is 1.61. The Balaban J connectivity index is 0. The van der Waals surface area contributed by atoms with Crippen molar-refractivity contribution in [3.8, 4) is 0 Å². The molecule has 0 fully saturated rings. The topological polar surface area (TPSA) is 74.6 Å². The fourth-order valence-electron chi connectivity index (χ4n) is 0.143. The molecule has 0 bridgehead atoms. The Bertz CT molecular complexity index is 124. The zero-order chi connectivity index (χ0) is 6.57. The summed E-state index contributed by atoms with van der Waals surface area (Å²) in [5.74, 6) is -2.51. The summed E-state index contributed by atoms with van der Waals surface area (Å²) >= 11 is 0. The first-order valence-corrected chi connectivity index (χ1v) is 1.77. The van der Waals surface area contributed by atoms with Crippen molar-refractivity contribution in [1.29, 1.82) is 0 Å². The molecule has 0 spiro atoms. The van der Waals surface area contributed by atoms with E-state index in [1.54, 1.807) is 0 Å². The van der Waals surface area contributed by atoms with E-state index in [0.29, 0.717) is 12.2 Å². The van der Waals surface area contributed by atoms with Crippen molar-refractivity contribution in [3.63, 3.8) is 0 Å². The average molecular weight is 256 g/mol. The number of carboxylic acids is 2. The van der Waals surface area contributed by atoms with Gasteiger partial charge in [-0.1, -0.05) is 0 Å². The largest absolute Gasteiger partial charge is 0.478 e. The van der Waals surface area contributed by atoms with Crippen LogP contribution in [-0.2, 0) is 9.59 Å². The molecule has 0 aromatic heterocycles. The van der Waals surface area contributed by atoms with E-state index in [-0.39, 0.29) is 41.7 Å². The quantitative estimate of drug-likeness (QED) is 0.666. The van der Waals surface area contributed by atoms with Crippen LogP contribution >= 0.6 is 0 Å². The number of hydrogen-bond acceptors (Lipinski definition) is 2. The van der Waals surface area contributed by atoms with Crippen LogP contribution in [0.1, 0.15) is 0 Å². The monoisotopic (exact) mass is 256 g/mol. The van der Waals surface area contributed by atoms with Crippen molar-refractivity contribution in [2.24, 2.45) is 0 Å². The Morgan fingerprint density at radius 1 is 1.00 bits per heavy atom. The van der Waals surface area contributed by atoms with Crippen molar-refractivity contribution in [2.75, 3.05) is 0 Å². The van der Waals surface area contributed by atoms with Crippen molar-refractivity contribution >= 4 is 11.9 Å². The molecular weight excluding hydrogens is 252 g/mol. The van der Waals surface area contributed by atoms with Crippen LogP contribution in [0.25, 0.3) is 0 Å². The van der Waals surface area contributed by atoms with Gasteiger partial charge in [-0.2, -0.15) is 0 Å². The van der Waals surface area contributed by atoms with Crippen LogP contribution in [0.15, 0.2) is 12.2 Å². The van der Waals surface area contributed by atoms with Gasteiger partial charge in [0.15, 0.2) is 0 Å². The molecule has 48 valence electrons. The maximum Gasteiger partial charge on any atom is 0.328 e. The Labute approximate surface area is 84.9 Å². The summed E-state index contributed by atoms with van der Waals surface area (Å²) in [6.45, 7) is 0. The molecule has 0 saturated heterocycles. The second-order valence-corrected chi connectivity index (χ2v) is 1.01. The molecule has 2 N–H and O–H groups in total. The Hall–Kier alpha value is 0.0566. The van der Waals surface area contributed by atoms with Crippen LogP contribution in [0.5, 0.6) is 0 Å². The minimum atomic E-state index is -1.26. The number of carbonyl (C=O) groups is 2. The van der Waals surface area contributed by atoms with E-state index in [2.05, 4.69) is 0 Å². The van der Waals surface area contributed by atoms with Gasteiger partial charge in [-0.15, -0.1) is 0 Å². The third-order valence-electron chi connectivity index (χ3n) is 0.368. The van der Waals surface area contributed by atoms with E-state index in [0.717, 1.165) is 0 Å². The molecule has 0 aromatic carbocycles. The predicted octanol–water partition coefficient (Wildman–Crippen LogP) is -0.288. The van der Waals surface area contributed by atoms with Gasteiger partial charge in [-0.3, -0.25) is 0 Å². The van der Waals surface area contributed by atoms with E-state index in [1.807, 2.05) is 0 Å². The van der Waals surface area contributed by atoms with Crippen molar-refractivity contribution in [2.45, 2.75) is 0 Å². The summed E-state index contributed by atoms with van der Waals surface area (Å²) in [4.78, 5) is 19.1. The van der Waals surface area contributed by atoms with Crippen LogP contribution in [0.4, 0.5) is 0 Å². The number of aliphatic carboxylic acids is 2. The summed E-state index contributed by atoms with van der Waals surface area (Å²) in [6.07, 6.45) is 1.12. The van der Waals surface area contributed by atoms with Crippen LogP contribution in [-0.4, -0.2) is 22.2 Å². The van der Waals surface area contributed by atoms with Gasteiger partial charge in [-0.25, -0.2) is 9.59 Å². The van der Waals surface area contributed by atoms with Gasteiger partial charge in [0.2, 0.25) is 0 Å². The second-order valence-electron chi connectivity index (χ2n) is 1.01. The normalized spacial score (nSPS) is 8.44. The minimum Gasteiger partial charge on any atom is -0.478 e. The van der Waals surface area contributed by atoms with Gasteiger partial charge >= 0.3 is 11.9 Å². The number of carboxylic acid groups (broad SMARTS) is 2. The van der Waals surface area contributed by atoms with E-state index in [4.69, 9.17) is 10.2 Å². The fraction of sp³-hybridized carbons (Fsp3) is 0. The molecule has 9 heavy (non-hydrogen) atoms. The van der Waals surface area contributed by atoms with Gasteiger partial charge in [-0.05, 0) is 0 Å². The van der Waals surface area contributed by atoms with Gasteiger partial charge in [0, 0.05) is 53.9 Å². The SMILES string of the molecule is O=C(O)/C=C/C(=O)O.[Ce]. The zero-order valence-corrected chi connectivity index (χ0v) is 7.51. The van der Waals surface area contributed by atoms with Gasteiger partial charge in [0.25, 0.3) is 0 Å². The number of rotatable bonds is 2. The Kier molecular flexibility index (Phi) is 8.11. The van der Waals surface area contributed by atoms with E-state index in [9.17, 15) is 9.59 Å². The standard InChI is InChI=1S/C4H4O4.Ce/c5-3(6)1-2-4(7)8;/h1-2H,(H,5,6)(H,7,8);/b2-1+;. The molecule has 0 radical (unpaired) electrons. The molecule has 0 aromatic rings. The summed E-state index contributed by atoms with van der Waals surface area (Å²) in [5, 5.41) is 15.6. The first-order chi connectivity index (χ1) is 3.63. The smallest absolute Gasteiger partial charge is 0.328 e. The fourth-order valence-corrected chi connectivity index (χ4v) is 0.143.